The van der Waals surface area contributed by atoms with E-state index in [1.54, 1.807) is 0 Å². The molecule has 0 saturated heterocycles. The summed E-state index contributed by atoms with van der Waals surface area (Å²) >= 11 is 2.14. The summed E-state index contributed by atoms with van der Waals surface area (Å²) in [6.07, 6.45) is -0.0581. The second-order valence-corrected chi connectivity index (χ2v) is 5.50. The zero-order valence-electron chi connectivity index (χ0n) is 10.9. The second-order valence-electron chi connectivity index (χ2n) is 4.34. The van der Waals surface area contributed by atoms with Gasteiger partial charge in [0.1, 0.15) is 0 Å². The lowest BCUT2D eigenvalue weighted by Gasteiger charge is -2.26. The molecule has 0 spiro atoms. The molecule has 1 aromatic carbocycles. The molecule has 0 saturated carbocycles. The van der Waals surface area contributed by atoms with Gasteiger partial charge >= 0.3 is 12.0 Å². The van der Waals surface area contributed by atoms with Crippen molar-refractivity contribution in [2.24, 2.45) is 0 Å². The summed E-state index contributed by atoms with van der Waals surface area (Å²) in [5, 5.41) is 11.5. The van der Waals surface area contributed by atoms with Crippen molar-refractivity contribution in [1.29, 1.82) is 0 Å². The van der Waals surface area contributed by atoms with Gasteiger partial charge in [-0.2, -0.15) is 0 Å². The number of carbonyl (C=O) groups excluding carboxylic acids is 1. The van der Waals surface area contributed by atoms with Crippen LogP contribution in [-0.2, 0) is 4.79 Å². The van der Waals surface area contributed by atoms with Crippen LogP contribution in [0.1, 0.15) is 20.3 Å². The van der Waals surface area contributed by atoms with E-state index in [4.69, 9.17) is 5.11 Å². The molecular weight excluding hydrogens is 359 g/mol. The first-order valence-corrected chi connectivity index (χ1v) is 7.03. The third-order valence-corrected chi connectivity index (χ3v) is 3.51. The van der Waals surface area contributed by atoms with Gasteiger partial charge in [-0.3, -0.25) is 4.79 Å². The van der Waals surface area contributed by atoms with E-state index in [9.17, 15) is 9.59 Å². The predicted octanol–water partition coefficient (Wildman–Crippen LogP) is 3.01. The first kappa shape index (κ1) is 15.7. The van der Waals surface area contributed by atoms with Crippen molar-refractivity contribution < 1.29 is 14.7 Å². The maximum atomic E-state index is 12.1. The highest BCUT2D eigenvalue weighted by molar-refractivity contribution is 14.1. The first-order chi connectivity index (χ1) is 8.91. The van der Waals surface area contributed by atoms with Crippen molar-refractivity contribution in [3.05, 3.63) is 27.8 Å². The third-order valence-electron chi connectivity index (χ3n) is 2.57. The topological polar surface area (TPSA) is 69.6 Å². The van der Waals surface area contributed by atoms with Crippen LogP contribution >= 0.6 is 22.6 Å². The van der Waals surface area contributed by atoms with E-state index in [1.807, 2.05) is 38.1 Å². The van der Waals surface area contributed by atoms with Gasteiger partial charge in [0.2, 0.25) is 0 Å². The molecule has 0 aromatic heterocycles. The number of rotatable bonds is 5. The summed E-state index contributed by atoms with van der Waals surface area (Å²) < 4.78 is 0.940. The maximum Gasteiger partial charge on any atom is 0.322 e. The Labute approximate surface area is 126 Å². The maximum absolute atomic E-state index is 12.1. The molecule has 0 heterocycles. The van der Waals surface area contributed by atoms with Crippen LogP contribution in [0.15, 0.2) is 24.3 Å². The lowest BCUT2D eigenvalue weighted by molar-refractivity contribution is -0.137. The van der Waals surface area contributed by atoms with Crippen molar-refractivity contribution in [3.63, 3.8) is 0 Å². The van der Waals surface area contributed by atoms with Gasteiger partial charge in [0.15, 0.2) is 0 Å². The largest absolute Gasteiger partial charge is 0.481 e. The molecule has 0 unspecified atom stereocenters. The molecule has 2 amide bonds. The lowest BCUT2D eigenvalue weighted by atomic mass is 10.3. The van der Waals surface area contributed by atoms with E-state index in [0.29, 0.717) is 0 Å². The highest BCUT2D eigenvalue weighted by Crippen LogP contribution is 2.18. The Morgan fingerprint density at radius 2 is 2.00 bits per heavy atom. The molecule has 6 heteroatoms. The van der Waals surface area contributed by atoms with Crippen molar-refractivity contribution in [2.75, 3.05) is 11.9 Å². The zero-order chi connectivity index (χ0) is 14.4. The number of carboxylic acids is 1. The van der Waals surface area contributed by atoms with E-state index >= 15 is 0 Å². The van der Waals surface area contributed by atoms with Gasteiger partial charge in [0.25, 0.3) is 0 Å². The van der Waals surface area contributed by atoms with Gasteiger partial charge < -0.3 is 15.3 Å². The van der Waals surface area contributed by atoms with Crippen molar-refractivity contribution in [3.8, 4) is 0 Å². The Kier molecular flexibility index (Phi) is 6.07. The highest BCUT2D eigenvalue weighted by atomic mass is 127. The number of anilines is 1. The molecule has 0 aliphatic heterocycles. The summed E-state index contributed by atoms with van der Waals surface area (Å²) in [5.74, 6) is -0.909. The summed E-state index contributed by atoms with van der Waals surface area (Å²) in [6.45, 7) is 3.91. The third kappa shape index (κ3) is 5.06. The number of benzene rings is 1. The van der Waals surface area contributed by atoms with E-state index in [2.05, 4.69) is 27.9 Å². The number of halogens is 1. The second kappa shape index (κ2) is 7.32. The quantitative estimate of drug-likeness (QED) is 0.777. The minimum atomic E-state index is -0.909. The molecule has 104 valence electrons. The number of nitrogens with one attached hydrogen (secondary N) is 1. The number of aliphatic carboxylic acids is 1. The van der Waals surface area contributed by atoms with Crippen molar-refractivity contribution in [1.82, 2.24) is 4.90 Å². The number of nitrogens with zero attached hydrogens (tertiary/aromatic N) is 1. The van der Waals surface area contributed by atoms with Crippen LogP contribution in [0.4, 0.5) is 10.5 Å². The Morgan fingerprint density at radius 1 is 1.37 bits per heavy atom. The molecule has 5 nitrogen and oxygen atoms in total. The minimum Gasteiger partial charge on any atom is -0.481 e. The molecule has 0 aliphatic rings. The lowest BCUT2D eigenvalue weighted by Crippen LogP contribution is -2.41. The van der Waals surface area contributed by atoms with Crippen molar-refractivity contribution in [2.45, 2.75) is 26.3 Å². The van der Waals surface area contributed by atoms with Crippen LogP contribution in [0.2, 0.25) is 0 Å². The number of hydrogen-bond acceptors (Lipinski definition) is 2. The van der Waals surface area contributed by atoms with E-state index < -0.39 is 5.97 Å². The van der Waals surface area contributed by atoms with Gasteiger partial charge in [-0.05, 0) is 48.6 Å². The fourth-order valence-corrected chi connectivity index (χ4v) is 2.08. The number of para-hydroxylation sites is 1. The predicted molar refractivity (Wildman–Crippen MR) is 82.3 cm³/mol. The van der Waals surface area contributed by atoms with Gasteiger partial charge in [-0.15, -0.1) is 0 Å². The normalized spacial score (nSPS) is 10.3. The van der Waals surface area contributed by atoms with E-state index in [1.165, 1.54) is 4.90 Å². The van der Waals surface area contributed by atoms with Crippen LogP contribution in [0.25, 0.3) is 0 Å². The number of urea groups is 1. The molecule has 1 rings (SSSR count). The molecule has 0 bridgehead atoms. The van der Waals surface area contributed by atoms with E-state index in [0.717, 1.165) is 9.26 Å². The average molecular weight is 376 g/mol. The summed E-state index contributed by atoms with van der Waals surface area (Å²) in [7, 11) is 0. The molecule has 0 radical (unpaired) electrons. The van der Waals surface area contributed by atoms with Crippen LogP contribution in [-0.4, -0.2) is 34.6 Å². The number of carbonyl (C=O) groups is 2. The Hall–Kier alpha value is -1.31. The zero-order valence-corrected chi connectivity index (χ0v) is 13.0. The number of carboxylic acid groups (broad SMARTS) is 1. The summed E-state index contributed by atoms with van der Waals surface area (Å²) in [6, 6.07) is 7.11. The fourth-order valence-electron chi connectivity index (χ4n) is 1.56. The standard InChI is InChI=1S/C13H17IN2O3/c1-9(2)16(8-7-12(17)18)13(19)15-11-6-4-3-5-10(11)14/h3-6,9H,7-8H2,1-2H3,(H,15,19)(H,17,18). The Balaban J connectivity index is 2.72. The van der Waals surface area contributed by atoms with Crippen LogP contribution < -0.4 is 5.32 Å². The molecule has 19 heavy (non-hydrogen) atoms. The smallest absolute Gasteiger partial charge is 0.322 e. The first-order valence-electron chi connectivity index (χ1n) is 5.95. The monoisotopic (exact) mass is 376 g/mol. The SMILES string of the molecule is CC(C)N(CCC(=O)O)C(=O)Nc1ccccc1I. The number of amides is 2. The molecule has 0 aliphatic carbocycles. The van der Waals surface area contributed by atoms with Crippen LogP contribution in [0, 0.1) is 3.57 Å². The van der Waals surface area contributed by atoms with Gasteiger partial charge in [0, 0.05) is 16.2 Å². The summed E-state index contributed by atoms with van der Waals surface area (Å²) in [5.41, 5.74) is 0.731. The van der Waals surface area contributed by atoms with E-state index in [-0.39, 0.29) is 25.0 Å². The molecular formula is C13H17IN2O3. The van der Waals surface area contributed by atoms with Gasteiger partial charge in [-0.25, -0.2) is 4.79 Å². The van der Waals surface area contributed by atoms with Crippen molar-refractivity contribution >= 4 is 40.3 Å². The van der Waals surface area contributed by atoms with Gasteiger partial charge in [-0.1, -0.05) is 12.1 Å². The molecule has 1 aromatic rings. The van der Waals surface area contributed by atoms with Crippen LogP contribution in [0.5, 0.6) is 0 Å². The average Bonchev–Trinajstić information content (AvgIpc) is 2.31. The van der Waals surface area contributed by atoms with Crippen LogP contribution in [0.3, 0.4) is 0 Å². The summed E-state index contributed by atoms with van der Waals surface area (Å²) in [4.78, 5) is 24.3. The molecule has 0 fully saturated rings. The Bertz CT molecular complexity index is 463. The van der Waals surface area contributed by atoms with Gasteiger partial charge in [0.05, 0.1) is 12.1 Å². The highest BCUT2D eigenvalue weighted by Gasteiger charge is 2.18. The fraction of sp³-hybridized carbons (Fsp3) is 0.385. The molecule has 0 atom stereocenters. The molecule has 2 N–H and O–H groups in total. The number of hydrogen-bond donors (Lipinski definition) is 2. The minimum absolute atomic E-state index is 0.0549. The Morgan fingerprint density at radius 3 is 2.53 bits per heavy atom.